The van der Waals surface area contributed by atoms with E-state index in [1.807, 2.05) is 19.1 Å². The van der Waals surface area contributed by atoms with Gasteiger partial charge in [0.2, 0.25) is 0 Å². The Morgan fingerprint density at radius 2 is 2.13 bits per heavy atom. The molecule has 1 aliphatic rings. The molecular weight excluding hydrogens is 256 g/mol. The monoisotopic (exact) mass is 270 g/mol. The van der Waals surface area contributed by atoms with Gasteiger partial charge in [-0.25, -0.2) is 0 Å². The molecule has 1 unspecified atom stereocenters. The van der Waals surface area contributed by atoms with Crippen LogP contribution >= 0.6 is 15.9 Å². The van der Waals surface area contributed by atoms with E-state index >= 15 is 0 Å². The molecule has 0 aromatic heterocycles. The molecule has 0 radical (unpaired) electrons. The van der Waals surface area contributed by atoms with Crippen molar-refractivity contribution in [3.63, 3.8) is 0 Å². The van der Waals surface area contributed by atoms with Crippen molar-refractivity contribution in [2.75, 3.05) is 7.11 Å². The predicted octanol–water partition coefficient (Wildman–Crippen LogP) is 3.21. The maximum absolute atomic E-state index is 10.1. The summed E-state index contributed by atoms with van der Waals surface area (Å²) in [6.07, 6.45) is 1.86. The Morgan fingerprint density at radius 3 is 2.67 bits per heavy atom. The summed E-state index contributed by atoms with van der Waals surface area (Å²) in [7, 11) is 1.64. The summed E-state index contributed by atoms with van der Waals surface area (Å²) in [6, 6.07) is 3.93. The first-order valence-electron chi connectivity index (χ1n) is 5.15. The van der Waals surface area contributed by atoms with Crippen LogP contribution in [-0.4, -0.2) is 12.2 Å². The Hall–Kier alpha value is -0.540. The van der Waals surface area contributed by atoms with Gasteiger partial charge in [0.1, 0.15) is 5.75 Å². The van der Waals surface area contributed by atoms with Gasteiger partial charge in [0.15, 0.2) is 0 Å². The summed E-state index contributed by atoms with van der Waals surface area (Å²) in [5.41, 5.74) is 2.02. The van der Waals surface area contributed by atoms with Crippen LogP contribution in [0, 0.1) is 12.8 Å². The van der Waals surface area contributed by atoms with Crippen LogP contribution in [-0.2, 0) is 0 Å². The number of rotatable bonds is 3. The summed E-state index contributed by atoms with van der Waals surface area (Å²) in [5.74, 6) is 1.21. The minimum Gasteiger partial charge on any atom is -0.496 e. The van der Waals surface area contributed by atoms with Crippen LogP contribution < -0.4 is 4.74 Å². The van der Waals surface area contributed by atoms with Gasteiger partial charge in [0.25, 0.3) is 0 Å². The lowest BCUT2D eigenvalue weighted by molar-refractivity contribution is 0.150. The van der Waals surface area contributed by atoms with Gasteiger partial charge in [0, 0.05) is 10.0 Å². The lowest BCUT2D eigenvalue weighted by Crippen LogP contribution is -2.03. The first kappa shape index (κ1) is 11.0. The van der Waals surface area contributed by atoms with Gasteiger partial charge >= 0.3 is 0 Å². The molecule has 1 atom stereocenters. The molecule has 0 spiro atoms. The molecule has 1 fully saturated rings. The van der Waals surface area contributed by atoms with Gasteiger partial charge < -0.3 is 9.84 Å². The Labute approximate surface area is 98.4 Å². The minimum atomic E-state index is -0.378. The van der Waals surface area contributed by atoms with Gasteiger partial charge in [-0.1, -0.05) is 15.9 Å². The highest BCUT2D eigenvalue weighted by Crippen LogP contribution is 2.44. The molecule has 1 aromatic rings. The van der Waals surface area contributed by atoms with E-state index in [1.165, 1.54) is 0 Å². The number of hydrogen-bond acceptors (Lipinski definition) is 2. The normalized spacial score (nSPS) is 17.6. The molecular formula is C12H15BrO2. The number of benzene rings is 1. The maximum Gasteiger partial charge on any atom is 0.125 e. The topological polar surface area (TPSA) is 29.5 Å². The van der Waals surface area contributed by atoms with Crippen LogP contribution in [0.4, 0.5) is 0 Å². The fourth-order valence-electron chi connectivity index (χ4n) is 1.74. The summed E-state index contributed by atoms with van der Waals surface area (Å²) in [6.45, 7) is 2.01. The zero-order valence-corrected chi connectivity index (χ0v) is 10.5. The maximum atomic E-state index is 10.1. The van der Waals surface area contributed by atoms with E-state index in [-0.39, 0.29) is 6.10 Å². The predicted molar refractivity (Wildman–Crippen MR) is 63.1 cm³/mol. The van der Waals surface area contributed by atoms with Crippen molar-refractivity contribution in [1.29, 1.82) is 0 Å². The number of aliphatic hydroxyl groups is 1. The average molecular weight is 271 g/mol. The van der Waals surface area contributed by atoms with Gasteiger partial charge in [-0.2, -0.15) is 0 Å². The molecule has 1 aromatic carbocycles. The fourth-order valence-corrected chi connectivity index (χ4v) is 2.11. The SMILES string of the molecule is COc1cc(C)c(Br)cc1C(O)C1CC1. The van der Waals surface area contributed by atoms with Crippen molar-refractivity contribution in [2.24, 2.45) is 5.92 Å². The second kappa shape index (κ2) is 4.14. The van der Waals surface area contributed by atoms with Gasteiger partial charge in [-0.05, 0) is 43.4 Å². The van der Waals surface area contributed by atoms with Gasteiger partial charge in [0.05, 0.1) is 13.2 Å². The van der Waals surface area contributed by atoms with Crippen LogP contribution in [0.1, 0.15) is 30.1 Å². The number of aliphatic hydroxyl groups excluding tert-OH is 1. The lowest BCUT2D eigenvalue weighted by Gasteiger charge is -2.15. The fraction of sp³-hybridized carbons (Fsp3) is 0.500. The van der Waals surface area contributed by atoms with Crippen molar-refractivity contribution in [2.45, 2.75) is 25.9 Å². The largest absolute Gasteiger partial charge is 0.496 e. The molecule has 0 heterocycles. The van der Waals surface area contributed by atoms with Gasteiger partial charge in [-0.3, -0.25) is 0 Å². The smallest absolute Gasteiger partial charge is 0.125 e. The van der Waals surface area contributed by atoms with E-state index in [0.717, 1.165) is 34.2 Å². The summed E-state index contributed by atoms with van der Waals surface area (Å²) < 4.78 is 6.33. The summed E-state index contributed by atoms with van der Waals surface area (Å²) in [5, 5.41) is 10.1. The highest BCUT2D eigenvalue weighted by atomic mass is 79.9. The van der Waals surface area contributed by atoms with E-state index in [9.17, 15) is 5.11 Å². The number of methoxy groups -OCH3 is 1. The second-order valence-corrected chi connectivity index (χ2v) is 4.98. The van der Waals surface area contributed by atoms with E-state index in [4.69, 9.17) is 4.74 Å². The number of aryl methyl sites for hydroxylation is 1. The molecule has 1 N–H and O–H groups in total. The minimum absolute atomic E-state index is 0.378. The van der Waals surface area contributed by atoms with E-state index in [2.05, 4.69) is 15.9 Å². The molecule has 1 aliphatic carbocycles. The zero-order chi connectivity index (χ0) is 11.0. The first-order valence-corrected chi connectivity index (χ1v) is 5.95. The molecule has 15 heavy (non-hydrogen) atoms. The zero-order valence-electron chi connectivity index (χ0n) is 8.96. The Balaban J connectivity index is 2.39. The van der Waals surface area contributed by atoms with Crippen molar-refractivity contribution in [1.82, 2.24) is 0 Å². The summed E-state index contributed by atoms with van der Waals surface area (Å²) in [4.78, 5) is 0. The number of halogens is 1. The van der Waals surface area contributed by atoms with Crippen molar-refractivity contribution >= 4 is 15.9 Å². The molecule has 1 saturated carbocycles. The van der Waals surface area contributed by atoms with Crippen molar-refractivity contribution in [3.8, 4) is 5.75 Å². The van der Waals surface area contributed by atoms with Crippen LogP contribution in [0.3, 0.4) is 0 Å². The Kier molecular flexibility index (Phi) is 3.03. The second-order valence-electron chi connectivity index (χ2n) is 4.13. The molecule has 3 heteroatoms. The Morgan fingerprint density at radius 1 is 1.47 bits per heavy atom. The van der Waals surface area contributed by atoms with Crippen molar-refractivity contribution in [3.05, 3.63) is 27.7 Å². The van der Waals surface area contributed by atoms with E-state index in [1.54, 1.807) is 7.11 Å². The molecule has 0 bridgehead atoms. The Bertz CT molecular complexity index is 372. The van der Waals surface area contributed by atoms with Crippen molar-refractivity contribution < 1.29 is 9.84 Å². The lowest BCUT2D eigenvalue weighted by atomic mass is 10.0. The first-order chi connectivity index (χ1) is 7.13. The van der Waals surface area contributed by atoms with Crippen LogP contribution in [0.15, 0.2) is 16.6 Å². The van der Waals surface area contributed by atoms with E-state index < -0.39 is 0 Å². The third kappa shape index (κ3) is 2.18. The molecule has 82 valence electrons. The third-order valence-corrected chi connectivity index (χ3v) is 3.75. The standard InChI is InChI=1S/C12H15BrO2/c1-7-5-11(15-2)9(6-10(7)13)12(14)8-3-4-8/h5-6,8,12,14H,3-4H2,1-2H3. The highest BCUT2D eigenvalue weighted by molar-refractivity contribution is 9.10. The van der Waals surface area contributed by atoms with E-state index in [0.29, 0.717) is 5.92 Å². The quantitative estimate of drug-likeness (QED) is 0.914. The number of hydrogen-bond donors (Lipinski definition) is 1. The van der Waals surface area contributed by atoms with Crippen LogP contribution in [0.2, 0.25) is 0 Å². The molecule has 0 amide bonds. The van der Waals surface area contributed by atoms with Gasteiger partial charge in [-0.15, -0.1) is 0 Å². The number of ether oxygens (including phenoxy) is 1. The molecule has 2 rings (SSSR count). The third-order valence-electron chi connectivity index (χ3n) is 2.90. The summed E-state index contributed by atoms with van der Waals surface area (Å²) >= 11 is 3.48. The molecule has 0 saturated heterocycles. The highest BCUT2D eigenvalue weighted by Gasteiger charge is 2.32. The van der Waals surface area contributed by atoms with Crippen LogP contribution in [0.5, 0.6) is 5.75 Å². The molecule has 0 aliphatic heterocycles. The van der Waals surface area contributed by atoms with Crippen LogP contribution in [0.25, 0.3) is 0 Å². The average Bonchev–Trinajstić information content (AvgIpc) is 3.04. The molecule has 2 nitrogen and oxygen atoms in total.